The van der Waals surface area contributed by atoms with Crippen LogP contribution < -0.4 is 21.3 Å². The lowest BCUT2D eigenvalue weighted by atomic mass is 10.0. The molecule has 1 rings (SSSR count). The number of rotatable bonds is 10. The molecule has 1 aliphatic rings. The summed E-state index contributed by atoms with van der Waals surface area (Å²) in [6.45, 7) is 5.88. The Hall–Kier alpha value is -1.81. The normalized spacial score (nSPS) is 19.8. The van der Waals surface area contributed by atoms with E-state index in [1.807, 2.05) is 13.8 Å². The first-order chi connectivity index (χ1) is 12.6. The highest BCUT2D eigenvalue weighted by Gasteiger charge is 2.30. The summed E-state index contributed by atoms with van der Waals surface area (Å²) in [5.74, 6) is -2.37. The fourth-order valence-electron chi connectivity index (χ4n) is 2.73. The first-order valence-corrected chi connectivity index (χ1v) is 9.77. The fourth-order valence-corrected chi connectivity index (χ4v) is 2.98. The SMILES string of the molecule is CC(C)CC(NC(=O)C(CS)NC(=O)C1CCCN1)C(=O)NC(C)C(=O)O. The maximum atomic E-state index is 12.5. The van der Waals surface area contributed by atoms with E-state index in [0.717, 1.165) is 13.0 Å². The number of carboxylic acids is 1. The van der Waals surface area contributed by atoms with Crippen LogP contribution in [0.15, 0.2) is 0 Å². The second kappa shape index (κ2) is 11.1. The minimum atomic E-state index is -1.16. The molecule has 0 aromatic rings. The van der Waals surface area contributed by atoms with E-state index in [4.69, 9.17) is 5.11 Å². The Bertz CT molecular complexity index is 551. The maximum Gasteiger partial charge on any atom is 0.325 e. The Morgan fingerprint density at radius 3 is 2.19 bits per heavy atom. The van der Waals surface area contributed by atoms with E-state index in [2.05, 4.69) is 33.9 Å². The summed E-state index contributed by atoms with van der Waals surface area (Å²) in [5, 5.41) is 19.6. The van der Waals surface area contributed by atoms with E-state index in [9.17, 15) is 19.2 Å². The smallest absolute Gasteiger partial charge is 0.325 e. The van der Waals surface area contributed by atoms with Gasteiger partial charge < -0.3 is 26.4 Å². The average molecular weight is 403 g/mol. The van der Waals surface area contributed by atoms with E-state index in [-0.39, 0.29) is 23.6 Å². The number of nitrogens with one attached hydrogen (secondary N) is 4. The lowest BCUT2D eigenvalue weighted by Crippen LogP contribution is -2.57. The standard InChI is InChI=1S/C17H30N4O5S/c1-9(2)7-12(15(23)19-10(3)17(25)26)20-16(24)13(8-27)21-14(22)11-5-4-6-18-11/h9-13,18,27H,4-8H2,1-3H3,(H,19,23)(H,20,24)(H,21,22)(H,25,26). The van der Waals surface area contributed by atoms with Gasteiger partial charge in [0.15, 0.2) is 0 Å². The van der Waals surface area contributed by atoms with Gasteiger partial charge in [0.05, 0.1) is 6.04 Å². The molecule has 9 nitrogen and oxygen atoms in total. The van der Waals surface area contributed by atoms with Crippen molar-refractivity contribution in [3.63, 3.8) is 0 Å². The zero-order valence-corrected chi connectivity index (χ0v) is 16.8. The van der Waals surface area contributed by atoms with Crippen LogP contribution in [0.2, 0.25) is 0 Å². The third-order valence-corrected chi connectivity index (χ3v) is 4.63. The molecule has 154 valence electrons. The molecule has 0 aromatic heterocycles. The molecule has 10 heteroatoms. The van der Waals surface area contributed by atoms with E-state index in [0.29, 0.717) is 12.8 Å². The molecule has 3 amide bonds. The molecule has 1 heterocycles. The van der Waals surface area contributed by atoms with Crippen LogP contribution in [-0.2, 0) is 19.2 Å². The first-order valence-electron chi connectivity index (χ1n) is 9.13. The number of aliphatic carboxylic acids is 1. The van der Waals surface area contributed by atoms with E-state index < -0.39 is 35.9 Å². The average Bonchev–Trinajstić information content (AvgIpc) is 3.12. The largest absolute Gasteiger partial charge is 0.480 e. The molecule has 4 atom stereocenters. The van der Waals surface area contributed by atoms with Crippen molar-refractivity contribution in [2.24, 2.45) is 5.92 Å². The van der Waals surface area contributed by atoms with E-state index in [1.165, 1.54) is 6.92 Å². The Kier molecular flexibility index (Phi) is 9.57. The van der Waals surface area contributed by atoms with Crippen molar-refractivity contribution in [1.29, 1.82) is 0 Å². The molecule has 1 aliphatic heterocycles. The van der Waals surface area contributed by atoms with Crippen molar-refractivity contribution in [1.82, 2.24) is 21.3 Å². The predicted octanol–water partition coefficient (Wildman–Crippen LogP) is -0.727. The maximum absolute atomic E-state index is 12.5. The highest BCUT2D eigenvalue weighted by atomic mass is 32.1. The van der Waals surface area contributed by atoms with Crippen molar-refractivity contribution in [2.45, 2.75) is 64.2 Å². The van der Waals surface area contributed by atoms with Crippen molar-refractivity contribution >= 4 is 36.3 Å². The van der Waals surface area contributed by atoms with Gasteiger partial charge in [-0.15, -0.1) is 0 Å². The summed E-state index contributed by atoms with van der Waals surface area (Å²) in [7, 11) is 0. The van der Waals surface area contributed by atoms with Crippen LogP contribution in [0.5, 0.6) is 0 Å². The van der Waals surface area contributed by atoms with Crippen molar-refractivity contribution in [3.05, 3.63) is 0 Å². The molecule has 0 spiro atoms. The minimum Gasteiger partial charge on any atom is -0.480 e. The van der Waals surface area contributed by atoms with Gasteiger partial charge in [0.2, 0.25) is 17.7 Å². The molecule has 0 saturated carbocycles. The number of carbonyl (C=O) groups is 4. The first kappa shape index (κ1) is 23.2. The van der Waals surface area contributed by atoms with Gasteiger partial charge in [-0.3, -0.25) is 19.2 Å². The van der Waals surface area contributed by atoms with Crippen LogP contribution in [0.1, 0.15) is 40.0 Å². The molecule has 27 heavy (non-hydrogen) atoms. The van der Waals surface area contributed by atoms with E-state index >= 15 is 0 Å². The third-order valence-electron chi connectivity index (χ3n) is 4.26. The van der Waals surface area contributed by atoms with Crippen LogP contribution in [0, 0.1) is 5.92 Å². The molecule has 0 aliphatic carbocycles. The lowest BCUT2D eigenvalue weighted by Gasteiger charge is -2.25. The van der Waals surface area contributed by atoms with Crippen LogP contribution >= 0.6 is 12.6 Å². The summed E-state index contributed by atoms with van der Waals surface area (Å²) in [5.41, 5.74) is 0. The number of carbonyl (C=O) groups excluding carboxylic acids is 3. The Morgan fingerprint density at radius 2 is 1.70 bits per heavy atom. The monoisotopic (exact) mass is 402 g/mol. The van der Waals surface area contributed by atoms with Crippen LogP contribution in [0.4, 0.5) is 0 Å². The second-order valence-corrected chi connectivity index (χ2v) is 7.52. The summed E-state index contributed by atoms with van der Waals surface area (Å²) in [4.78, 5) is 48.1. The lowest BCUT2D eigenvalue weighted by molar-refractivity contribution is -0.141. The fraction of sp³-hybridized carbons (Fsp3) is 0.765. The van der Waals surface area contributed by atoms with Crippen molar-refractivity contribution < 1.29 is 24.3 Å². The number of amides is 3. The number of thiol groups is 1. The Morgan fingerprint density at radius 1 is 1.07 bits per heavy atom. The highest BCUT2D eigenvalue weighted by Crippen LogP contribution is 2.08. The summed E-state index contributed by atoms with van der Waals surface area (Å²) in [6, 6.07) is -3.19. The third kappa shape index (κ3) is 7.76. The van der Waals surface area contributed by atoms with E-state index in [1.54, 1.807) is 0 Å². The summed E-state index contributed by atoms with van der Waals surface area (Å²) >= 11 is 4.12. The van der Waals surface area contributed by atoms with Gasteiger partial charge in [0.1, 0.15) is 18.1 Å². The van der Waals surface area contributed by atoms with Crippen molar-refractivity contribution in [2.75, 3.05) is 12.3 Å². The van der Waals surface area contributed by atoms with Gasteiger partial charge in [-0.05, 0) is 38.6 Å². The second-order valence-electron chi connectivity index (χ2n) is 7.15. The molecule has 0 aromatic carbocycles. The zero-order chi connectivity index (χ0) is 20.6. The minimum absolute atomic E-state index is 0.0752. The zero-order valence-electron chi connectivity index (χ0n) is 15.9. The Labute approximate surface area is 164 Å². The molecule has 1 saturated heterocycles. The van der Waals surface area contributed by atoms with Crippen LogP contribution in [0.25, 0.3) is 0 Å². The van der Waals surface area contributed by atoms with Gasteiger partial charge in [-0.2, -0.15) is 12.6 Å². The van der Waals surface area contributed by atoms with Gasteiger partial charge in [0, 0.05) is 5.75 Å². The van der Waals surface area contributed by atoms with Gasteiger partial charge in [-0.1, -0.05) is 13.8 Å². The van der Waals surface area contributed by atoms with Crippen LogP contribution in [0.3, 0.4) is 0 Å². The molecule has 5 N–H and O–H groups in total. The quantitative estimate of drug-likeness (QED) is 0.267. The van der Waals surface area contributed by atoms with Gasteiger partial charge in [0.25, 0.3) is 0 Å². The molecule has 4 unspecified atom stereocenters. The molecule has 0 bridgehead atoms. The molecule has 0 radical (unpaired) electrons. The number of carboxylic acid groups (broad SMARTS) is 1. The Balaban J connectivity index is 2.72. The number of hydrogen-bond acceptors (Lipinski definition) is 6. The molecular weight excluding hydrogens is 372 g/mol. The summed E-state index contributed by atoms with van der Waals surface area (Å²) < 4.78 is 0. The topological polar surface area (TPSA) is 137 Å². The molecule has 1 fully saturated rings. The van der Waals surface area contributed by atoms with Gasteiger partial charge in [-0.25, -0.2) is 0 Å². The number of hydrogen-bond donors (Lipinski definition) is 6. The van der Waals surface area contributed by atoms with Gasteiger partial charge >= 0.3 is 5.97 Å². The summed E-state index contributed by atoms with van der Waals surface area (Å²) in [6.07, 6.45) is 1.94. The van der Waals surface area contributed by atoms with Crippen LogP contribution in [-0.4, -0.2) is 65.3 Å². The predicted molar refractivity (Wildman–Crippen MR) is 103 cm³/mol. The molecular formula is C17H30N4O5S. The van der Waals surface area contributed by atoms with Crippen molar-refractivity contribution in [3.8, 4) is 0 Å². The highest BCUT2D eigenvalue weighted by molar-refractivity contribution is 7.80.